The van der Waals surface area contributed by atoms with Gasteiger partial charge in [-0.1, -0.05) is 0 Å². The number of aliphatic hydroxyl groups is 8. The van der Waals surface area contributed by atoms with Crippen LogP contribution in [0.5, 0.6) is 0 Å². The molecule has 0 saturated carbocycles. The summed E-state index contributed by atoms with van der Waals surface area (Å²) in [5.41, 5.74) is 10.5. The Morgan fingerprint density at radius 3 is 2.17 bits per heavy atom. The lowest BCUT2D eigenvalue weighted by Gasteiger charge is -2.39. The molecule has 3 fully saturated rings. The monoisotopic (exact) mass is 665 g/mol. The molecule has 0 aromatic carbocycles. The molecular weight excluding hydrogens is 630 g/mol. The number of rotatable bonds is 7. The van der Waals surface area contributed by atoms with E-state index >= 15 is 0 Å². The van der Waals surface area contributed by atoms with E-state index in [-0.39, 0.29) is 24.7 Å². The molecule has 47 heavy (non-hydrogen) atoms. The molecule has 22 heteroatoms. The summed E-state index contributed by atoms with van der Waals surface area (Å²) in [5, 5.41) is 82.8. The molecule has 4 aromatic heterocycles. The van der Waals surface area contributed by atoms with Gasteiger partial charge in [0.15, 0.2) is 34.7 Å². The fourth-order valence-corrected chi connectivity index (χ4v) is 5.99. The molecule has 11 atom stereocenters. The van der Waals surface area contributed by atoms with Gasteiger partial charge >= 0.3 is 0 Å². The van der Waals surface area contributed by atoms with Gasteiger partial charge in [0.1, 0.15) is 73.1 Å². The quantitative estimate of drug-likeness (QED) is 0.0818. The molecule has 7 rings (SSSR count). The van der Waals surface area contributed by atoms with Gasteiger partial charge in [-0.25, -0.2) is 29.9 Å². The summed E-state index contributed by atoms with van der Waals surface area (Å²) in [5.74, 6) is 0.552. The Hall–Kier alpha value is -3.78. The topological polar surface area (TPSA) is 341 Å². The molecule has 13 N–H and O–H groups in total. The summed E-state index contributed by atoms with van der Waals surface area (Å²) in [6, 6.07) is 0. The summed E-state index contributed by atoms with van der Waals surface area (Å²) < 4.78 is 19.5. The number of nitrogen functional groups attached to an aromatic ring is 1. The predicted molar refractivity (Wildman–Crippen MR) is 154 cm³/mol. The lowest BCUT2D eigenvalue weighted by atomic mass is 9.92. The van der Waals surface area contributed by atoms with Crippen LogP contribution in [-0.2, 0) is 19.9 Å². The zero-order valence-corrected chi connectivity index (χ0v) is 24.4. The fraction of sp³-hybridized carbons (Fsp3) is 0.600. The molecule has 0 amide bonds. The summed E-state index contributed by atoms with van der Waals surface area (Å²) in [4.78, 5) is 24.4. The van der Waals surface area contributed by atoms with Crippen LogP contribution in [-0.4, -0.2) is 161 Å². The highest BCUT2D eigenvalue weighted by atomic mass is 16.6. The number of hydrogen-bond donors (Lipinski definition) is 11. The Morgan fingerprint density at radius 2 is 1.53 bits per heavy atom. The lowest BCUT2D eigenvalue weighted by Crippen LogP contribution is -2.58. The molecule has 0 bridgehead atoms. The molecular formula is C25H35N11O11. The second-order valence-corrected chi connectivity index (χ2v) is 11.0. The van der Waals surface area contributed by atoms with Crippen molar-refractivity contribution in [1.29, 1.82) is 0 Å². The number of anilines is 2. The molecule has 0 spiro atoms. The van der Waals surface area contributed by atoms with Crippen LogP contribution >= 0.6 is 0 Å². The molecule has 22 nitrogen and oxygen atoms in total. The smallest absolute Gasteiger partial charge is 0.205 e. The zero-order chi connectivity index (χ0) is 33.6. The number of aromatic nitrogens is 8. The summed E-state index contributed by atoms with van der Waals surface area (Å²) >= 11 is 0. The van der Waals surface area contributed by atoms with Gasteiger partial charge in [0, 0.05) is 0 Å². The van der Waals surface area contributed by atoms with Gasteiger partial charge in [0.05, 0.1) is 39.1 Å². The second-order valence-electron chi connectivity index (χ2n) is 11.0. The predicted octanol–water partition coefficient (Wildman–Crippen LogP) is -5.94. The minimum Gasteiger partial charge on any atom is -0.394 e. The number of nitrogens with one attached hydrogen (secondary N) is 1. The molecule has 256 valence electrons. The maximum absolute atomic E-state index is 10.9. The van der Waals surface area contributed by atoms with Crippen molar-refractivity contribution < 1.29 is 55.1 Å². The highest BCUT2D eigenvalue weighted by Gasteiger charge is 2.64. The first-order chi connectivity index (χ1) is 22.6. The third-order valence-corrected chi connectivity index (χ3v) is 8.36. The Kier molecular flexibility index (Phi) is 9.18. The summed E-state index contributed by atoms with van der Waals surface area (Å²) in [6.45, 7) is -1.10. The third kappa shape index (κ3) is 5.33. The zero-order valence-electron chi connectivity index (χ0n) is 24.4. The average Bonchev–Trinajstić information content (AvgIpc) is 3.88. The van der Waals surface area contributed by atoms with Crippen molar-refractivity contribution in [2.24, 2.45) is 5.73 Å². The lowest BCUT2D eigenvalue weighted by molar-refractivity contribution is -0.224. The van der Waals surface area contributed by atoms with Crippen molar-refractivity contribution in [3.63, 3.8) is 0 Å². The van der Waals surface area contributed by atoms with Crippen molar-refractivity contribution >= 4 is 34.0 Å². The summed E-state index contributed by atoms with van der Waals surface area (Å²) in [6.07, 6.45) is -7.10. The maximum atomic E-state index is 10.9. The van der Waals surface area contributed by atoms with Gasteiger partial charge in [-0.2, -0.15) is 0 Å². The Labute approximate surface area is 263 Å². The molecule has 3 saturated heterocycles. The van der Waals surface area contributed by atoms with Crippen LogP contribution in [0, 0.1) is 0 Å². The number of fused-ring (bicyclic) bond motifs is 2. The minimum atomic E-state index is -1.91. The first-order valence-electron chi connectivity index (χ1n) is 14.4. The van der Waals surface area contributed by atoms with Crippen molar-refractivity contribution in [2.75, 3.05) is 37.5 Å². The fourth-order valence-electron chi connectivity index (χ4n) is 5.99. The molecule has 0 radical (unpaired) electrons. The molecule has 3 aliphatic heterocycles. The van der Waals surface area contributed by atoms with Crippen molar-refractivity contribution in [3.8, 4) is 0 Å². The first kappa shape index (κ1) is 33.1. The van der Waals surface area contributed by atoms with Crippen LogP contribution in [0.4, 0.5) is 11.6 Å². The second kappa shape index (κ2) is 13.0. The van der Waals surface area contributed by atoms with Gasteiger partial charge in [0.25, 0.3) is 0 Å². The highest BCUT2D eigenvalue weighted by molar-refractivity contribution is 5.83. The average molecular weight is 666 g/mol. The maximum Gasteiger partial charge on any atom is 0.205 e. The number of nitrogens with zero attached hydrogens (tertiary/aromatic N) is 8. The van der Waals surface area contributed by atoms with E-state index in [9.17, 15) is 35.7 Å². The van der Waals surface area contributed by atoms with E-state index < -0.39 is 80.1 Å². The van der Waals surface area contributed by atoms with Gasteiger partial charge < -0.3 is 71.8 Å². The van der Waals surface area contributed by atoms with Gasteiger partial charge in [-0.3, -0.25) is 9.13 Å². The van der Waals surface area contributed by atoms with E-state index in [2.05, 4.69) is 35.2 Å². The molecule has 0 aliphatic carbocycles. The molecule has 4 aromatic rings. The largest absolute Gasteiger partial charge is 0.394 e. The van der Waals surface area contributed by atoms with Crippen molar-refractivity contribution in [1.82, 2.24) is 39.0 Å². The standard InChI is InChI=1S/C15H22N6O7.C10H13N5O4/c16-3-17-13-8-14(19-4-18-13)21(5-20-8)15(12-9(24)6(23)2-27-12)11(26)10(25)7(1-22)28-15;11-8-5-9(13-2-12-8)15(3-14-5)10-7(18)6(17)4(1-16)19-10/h4-7,9-12,22-26H,1-3,16H2,(H,17,18,19);2-4,6-7,10,16-18H,1H2,(H2,11,12,13)/t6-,7-,9+,10-,11-,12?,15+;4-,6-,7-,10-/m11/s1. The van der Waals surface area contributed by atoms with E-state index in [4.69, 9.17) is 30.8 Å². The van der Waals surface area contributed by atoms with Crippen LogP contribution in [0.25, 0.3) is 22.3 Å². The minimum absolute atomic E-state index is 0.0885. The number of aliphatic hydroxyl groups excluding tert-OH is 8. The number of hydrogen-bond acceptors (Lipinski definition) is 20. The van der Waals surface area contributed by atoms with Crippen LogP contribution in [0.15, 0.2) is 25.3 Å². The number of ether oxygens (including phenoxy) is 3. The SMILES string of the molecule is NCNc1ncnc2c1ncn2[C@]1(C2OC[C@@H](O)[C@@H]2O)O[C@H](CO)[C@@H](O)[C@H]1O.Nc1ncnc2c1ncn2[C@@H]1O[C@H](CO)[C@@H](O)[C@H]1O. The van der Waals surface area contributed by atoms with Crippen LogP contribution in [0.2, 0.25) is 0 Å². The number of imidazole rings is 2. The van der Waals surface area contributed by atoms with E-state index in [1.165, 1.54) is 34.4 Å². The Morgan fingerprint density at radius 1 is 0.830 bits per heavy atom. The van der Waals surface area contributed by atoms with Crippen molar-refractivity contribution in [2.45, 2.75) is 66.9 Å². The van der Waals surface area contributed by atoms with E-state index in [1.807, 2.05) is 0 Å². The van der Waals surface area contributed by atoms with Crippen LogP contribution in [0.3, 0.4) is 0 Å². The van der Waals surface area contributed by atoms with Gasteiger partial charge in [-0.05, 0) is 0 Å². The number of nitrogens with two attached hydrogens (primary N) is 2. The first-order valence-corrected chi connectivity index (χ1v) is 14.4. The van der Waals surface area contributed by atoms with Gasteiger partial charge in [0.2, 0.25) is 5.72 Å². The highest BCUT2D eigenvalue weighted by Crippen LogP contribution is 2.44. The molecule has 1 unspecified atom stereocenters. The van der Waals surface area contributed by atoms with E-state index in [1.54, 1.807) is 0 Å². The van der Waals surface area contributed by atoms with E-state index in [0.29, 0.717) is 22.5 Å². The third-order valence-electron chi connectivity index (χ3n) is 8.36. The Balaban J connectivity index is 0.000000177. The summed E-state index contributed by atoms with van der Waals surface area (Å²) in [7, 11) is 0. The normalized spacial score (nSPS) is 35.4. The van der Waals surface area contributed by atoms with Gasteiger partial charge in [-0.15, -0.1) is 0 Å². The van der Waals surface area contributed by atoms with Crippen molar-refractivity contribution in [3.05, 3.63) is 25.3 Å². The Bertz CT molecular complexity index is 1700. The molecule has 7 heterocycles. The van der Waals surface area contributed by atoms with Crippen LogP contribution < -0.4 is 16.8 Å². The van der Waals surface area contributed by atoms with Crippen LogP contribution in [0.1, 0.15) is 6.23 Å². The molecule has 3 aliphatic rings. The van der Waals surface area contributed by atoms with E-state index in [0.717, 1.165) is 0 Å².